The summed E-state index contributed by atoms with van der Waals surface area (Å²) < 4.78 is 0. The Morgan fingerprint density at radius 1 is 1.37 bits per heavy atom. The van der Waals surface area contributed by atoms with Crippen LogP contribution in [-0.4, -0.2) is 10.9 Å². The topological polar surface area (TPSA) is 91.8 Å². The average Bonchev–Trinajstić information content (AvgIpc) is 2.42. The van der Waals surface area contributed by atoms with Gasteiger partial charge in [-0.2, -0.15) is 5.26 Å². The molecule has 0 saturated heterocycles. The van der Waals surface area contributed by atoms with Gasteiger partial charge in [0.25, 0.3) is 5.91 Å². The largest absolute Gasteiger partial charge is 0.397 e. The molecule has 0 aliphatic carbocycles. The van der Waals surface area contributed by atoms with Crippen molar-refractivity contribution >= 4 is 17.3 Å². The number of rotatable bonds is 2. The lowest BCUT2D eigenvalue weighted by atomic mass is 10.2. The molecule has 3 N–H and O–H groups in total. The minimum atomic E-state index is -0.312. The lowest BCUT2D eigenvalue weighted by Gasteiger charge is -2.08. The number of aromatic nitrogens is 1. The highest BCUT2D eigenvalue weighted by atomic mass is 16.1. The summed E-state index contributed by atoms with van der Waals surface area (Å²) in [5.41, 5.74) is 8.55. The standard InChI is InChI=1S/C14H12N4O/c1-9-2-5-13(12(16)6-9)18-14(19)10-3-4-11(7-15)17-8-10/h2-6,8H,16H2,1H3,(H,18,19). The van der Waals surface area contributed by atoms with Crippen LogP contribution in [0, 0.1) is 18.3 Å². The van der Waals surface area contributed by atoms with Gasteiger partial charge in [0.15, 0.2) is 0 Å². The normalized spacial score (nSPS) is 9.68. The molecular formula is C14H12N4O. The van der Waals surface area contributed by atoms with Crippen LogP contribution in [0.3, 0.4) is 0 Å². The van der Waals surface area contributed by atoms with Crippen LogP contribution in [0.4, 0.5) is 11.4 Å². The second kappa shape index (κ2) is 5.19. The van der Waals surface area contributed by atoms with Gasteiger partial charge in [-0.3, -0.25) is 4.79 Å². The van der Waals surface area contributed by atoms with Crippen molar-refractivity contribution in [1.82, 2.24) is 4.98 Å². The molecule has 0 radical (unpaired) electrons. The molecule has 19 heavy (non-hydrogen) atoms. The lowest BCUT2D eigenvalue weighted by molar-refractivity contribution is 0.102. The maximum Gasteiger partial charge on any atom is 0.257 e. The molecule has 2 aromatic rings. The number of nitriles is 1. The van der Waals surface area contributed by atoms with Gasteiger partial charge in [-0.05, 0) is 36.8 Å². The number of nitrogens with one attached hydrogen (secondary N) is 1. The van der Waals surface area contributed by atoms with Crippen LogP contribution in [0.5, 0.6) is 0 Å². The molecule has 5 heteroatoms. The van der Waals surface area contributed by atoms with Crippen LogP contribution in [0.15, 0.2) is 36.5 Å². The summed E-state index contributed by atoms with van der Waals surface area (Å²) in [6.45, 7) is 1.92. The fourth-order valence-corrected chi connectivity index (χ4v) is 1.58. The van der Waals surface area contributed by atoms with Gasteiger partial charge in [-0.15, -0.1) is 0 Å². The van der Waals surface area contributed by atoms with Gasteiger partial charge >= 0.3 is 0 Å². The number of aryl methyl sites for hydroxylation is 1. The summed E-state index contributed by atoms with van der Waals surface area (Å²) >= 11 is 0. The predicted octanol–water partition coefficient (Wildman–Crippen LogP) is 2.10. The Morgan fingerprint density at radius 3 is 2.74 bits per heavy atom. The predicted molar refractivity (Wildman–Crippen MR) is 72.5 cm³/mol. The molecular weight excluding hydrogens is 240 g/mol. The quantitative estimate of drug-likeness (QED) is 0.800. The maximum atomic E-state index is 12.0. The van der Waals surface area contributed by atoms with E-state index in [2.05, 4.69) is 10.3 Å². The molecule has 0 bridgehead atoms. The highest BCUT2D eigenvalue weighted by molar-refractivity contribution is 6.05. The van der Waals surface area contributed by atoms with Crippen molar-refractivity contribution in [2.75, 3.05) is 11.1 Å². The van der Waals surface area contributed by atoms with Gasteiger partial charge in [0, 0.05) is 6.20 Å². The number of nitrogens with zero attached hydrogens (tertiary/aromatic N) is 2. The van der Waals surface area contributed by atoms with Crippen LogP contribution in [-0.2, 0) is 0 Å². The van der Waals surface area contributed by atoms with E-state index in [0.29, 0.717) is 16.9 Å². The zero-order valence-corrected chi connectivity index (χ0v) is 10.3. The van der Waals surface area contributed by atoms with E-state index >= 15 is 0 Å². The first-order chi connectivity index (χ1) is 9.10. The number of amides is 1. The zero-order chi connectivity index (χ0) is 13.8. The number of nitrogen functional groups attached to an aromatic ring is 1. The van der Waals surface area contributed by atoms with Crippen molar-refractivity contribution in [1.29, 1.82) is 5.26 Å². The van der Waals surface area contributed by atoms with Gasteiger partial charge in [0.1, 0.15) is 11.8 Å². The lowest BCUT2D eigenvalue weighted by Crippen LogP contribution is -2.13. The van der Waals surface area contributed by atoms with Crippen LogP contribution in [0.1, 0.15) is 21.6 Å². The average molecular weight is 252 g/mol. The molecule has 0 unspecified atom stereocenters. The van der Waals surface area contributed by atoms with E-state index in [-0.39, 0.29) is 11.6 Å². The van der Waals surface area contributed by atoms with E-state index in [1.807, 2.05) is 19.1 Å². The van der Waals surface area contributed by atoms with E-state index in [9.17, 15) is 4.79 Å². The van der Waals surface area contributed by atoms with E-state index in [1.54, 1.807) is 18.2 Å². The number of anilines is 2. The molecule has 0 atom stereocenters. The Kier molecular flexibility index (Phi) is 3.44. The molecule has 94 valence electrons. The Morgan fingerprint density at radius 2 is 2.16 bits per heavy atom. The third-order valence-corrected chi connectivity index (χ3v) is 2.60. The maximum absolute atomic E-state index is 12.0. The van der Waals surface area contributed by atoms with Gasteiger partial charge < -0.3 is 11.1 Å². The number of nitrogens with two attached hydrogens (primary N) is 1. The number of hydrogen-bond acceptors (Lipinski definition) is 4. The van der Waals surface area contributed by atoms with Gasteiger partial charge in [0.05, 0.1) is 16.9 Å². The van der Waals surface area contributed by atoms with Crippen molar-refractivity contribution < 1.29 is 4.79 Å². The first-order valence-corrected chi connectivity index (χ1v) is 5.64. The summed E-state index contributed by atoms with van der Waals surface area (Å²) in [4.78, 5) is 15.8. The van der Waals surface area contributed by atoms with E-state index in [0.717, 1.165) is 5.56 Å². The number of carbonyl (C=O) groups excluding carboxylic acids is 1. The summed E-state index contributed by atoms with van der Waals surface area (Å²) in [5.74, 6) is -0.312. The molecule has 5 nitrogen and oxygen atoms in total. The van der Waals surface area contributed by atoms with Crippen LogP contribution in [0.25, 0.3) is 0 Å². The molecule has 0 spiro atoms. The number of benzene rings is 1. The second-order valence-corrected chi connectivity index (χ2v) is 4.09. The third kappa shape index (κ3) is 2.87. The summed E-state index contributed by atoms with van der Waals surface area (Å²) in [6.07, 6.45) is 1.36. The van der Waals surface area contributed by atoms with Crippen molar-refractivity contribution in [3.63, 3.8) is 0 Å². The second-order valence-electron chi connectivity index (χ2n) is 4.09. The number of carbonyl (C=O) groups is 1. The SMILES string of the molecule is Cc1ccc(NC(=O)c2ccc(C#N)nc2)c(N)c1. The molecule has 0 aliphatic rings. The summed E-state index contributed by atoms with van der Waals surface area (Å²) in [6, 6.07) is 10.3. The van der Waals surface area contributed by atoms with Crippen LogP contribution >= 0.6 is 0 Å². The minimum Gasteiger partial charge on any atom is -0.397 e. The molecule has 2 rings (SSSR count). The fraction of sp³-hybridized carbons (Fsp3) is 0.0714. The van der Waals surface area contributed by atoms with Gasteiger partial charge in [-0.1, -0.05) is 6.07 Å². The van der Waals surface area contributed by atoms with Crippen molar-refractivity contribution in [3.05, 3.63) is 53.3 Å². The summed E-state index contributed by atoms with van der Waals surface area (Å²) in [7, 11) is 0. The Balaban J connectivity index is 2.18. The van der Waals surface area contributed by atoms with Crippen LogP contribution < -0.4 is 11.1 Å². The minimum absolute atomic E-state index is 0.270. The first-order valence-electron chi connectivity index (χ1n) is 5.64. The van der Waals surface area contributed by atoms with Crippen molar-refractivity contribution in [2.45, 2.75) is 6.92 Å². The first kappa shape index (κ1) is 12.6. The van der Waals surface area contributed by atoms with Crippen molar-refractivity contribution in [2.24, 2.45) is 0 Å². The highest BCUT2D eigenvalue weighted by Crippen LogP contribution is 2.20. The van der Waals surface area contributed by atoms with Crippen LogP contribution in [0.2, 0.25) is 0 Å². The molecule has 0 fully saturated rings. The van der Waals surface area contributed by atoms with Gasteiger partial charge in [0.2, 0.25) is 0 Å². The molecule has 1 amide bonds. The van der Waals surface area contributed by atoms with Gasteiger partial charge in [-0.25, -0.2) is 4.98 Å². The third-order valence-electron chi connectivity index (χ3n) is 2.60. The molecule has 1 aromatic carbocycles. The van der Waals surface area contributed by atoms with Crippen molar-refractivity contribution in [3.8, 4) is 6.07 Å². The fourth-order valence-electron chi connectivity index (χ4n) is 1.58. The molecule has 1 heterocycles. The molecule has 0 saturated carbocycles. The van der Waals surface area contributed by atoms with E-state index in [4.69, 9.17) is 11.0 Å². The number of hydrogen-bond donors (Lipinski definition) is 2. The molecule has 0 aliphatic heterocycles. The zero-order valence-electron chi connectivity index (χ0n) is 10.3. The highest BCUT2D eigenvalue weighted by Gasteiger charge is 2.08. The Hall–Kier alpha value is -2.87. The summed E-state index contributed by atoms with van der Waals surface area (Å²) in [5, 5.41) is 11.3. The van der Waals surface area contributed by atoms with E-state index in [1.165, 1.54) is 12.3 Å². The van der Waals surface area contributed by atoms with E-state index < -0.39 is 0 Å². The smallest absolute Gasteiger partial charge is 0.257 e. The monoisotopic (exact) mass is 252 g/mol. The molecule has 1 aromatic heterocycles. The Labute approximate surface area is 110 Å². The Bertz CT molecular complexity index is 656. The number of pyridine rings is 1.